The standard InChI is InChI=1S/C6H12N2S.C5H12N2.C5H10O.C2H6/c1-8-3-2-5(7)6(9)4-8;6-4-5-2-1-3-7-5;1-3-5(2)4-6;1-2/h9H,2-4,7H2,1H3;5,7H,1-4,6H2;4-5H,3H2,1-2H3;1-2H3. The largest absolute Gasteiger partial charge is 0.401 e. The summed E-state index contributed by atoms with van der Waals surface area (Å²) < 4.78 is 0. The first kappa shape index (κ1) is 25.7. The van der Waals surface area contributed by atoms with Gasteiger partial charge in [-0.1, -0.05) is 27.7 Å². The van der Waals surface area contributed by atoms with Crippen LogP contribution in [0.2, 0.25) is 0 Å². The van der Waals surface area contributed by atoms with Crippen molar-refractivity contribution in [2.75, 3.05) is 33.2 Å². The highest BCUT2D eigenvalue weighted by Crippen LogP contribution is 2.14. The molecule has 0 radical (unpaired) electrons. The molecule has 0 aromatic carbocycles. The second kappa shape index (κ2) is 17.3. The molecule has 0 amide bonds. The fourth-order valence-electron chi connectivity index (χ4n) is 1.95. The van der Waals surface area contributed by atoms with Gasteiger partial charge in [0.05, 0.1) is 0 Å². The van der Waals surface area contributed by atoms with Crippen LogP contribution in [0.25, 0.3) is 0 Å². The molecule has 0 aliphatic carbocycles. The maximum absolute atomic E-state index is 9.74. The monoisotopic (exact) mass is 360 g/mol. The summed E-state index contributed by atoms with van der Waals surface area (Å²) in [6.07, 6.45) is 5.48. The molecule has 24 heavy (non-hydrogen) atoms. The number of nitrogens with one attached hydrogen (secondary N) is 1. The van der Waals surface area contributed by atoms with Crippen molar-refractivity contribution in [2.24, 2.45) is 17.4 Å². The molecule has 0 spiro atoms. The number of carbonyl (C=O) groups is 1. The molecule has 2 atom stereocenters. The molecule has 0 saturated carbocycles. The van der Waals surface area contributed by atoms with Crippen LogP contribution in [-0.2, 0) is 4.79 Å². The first-order valence-electron chi connectivity index (χ1n) is 9.18. The lowest BCUT2D eigenvalue weighted by molar-refractivity contribution is -0.110. The molecule has 0 aromatic heterocycles. The minimum atomic E-state index is 0.255. The number of hydrogen-bond donors (Lipinski definition) is 4. The Kier molecular flexibility index (Phi) is 18.5. The van der Waals surface area contributed by atoms with E-state index < -0.39 is 0 Å². The van der Waals surface area contributed by atoms with Crippen LogP contribution in [0.3, 0.4) is 0 Å². The van der Waals surface area contributed by atoms with Crippen LogP contribution in [0.5, 0.6) is 0 Å². The van der Waals surface area contributed by atoms with E-state index in [2.05, 4.69) is 29.9 Å². The van der Waals surface area contributed by atoms with Crippen molar-refractivity contribution in [3.8, 4) is 0 Å². The third-order valence-corrected chi connectivity index (χ3v) is 4.31. The molecule has 5 nitrogen and oxygen atoms in total. The second-order valence-corrected chi connectivity index (χ2v) is 6.55. The van der Waals surface area contributed by atoms with E-state index >= 15 is 0 Å². The van der Waals surface area contributed by atoms with E-state index in [1.54, 1.807) is 0 Å². The molecule has 1 fully saturated rings. The zero-order chi connectivity index (χ0) is 19.0. The molecule has 2 aliphatic heterocycles. The number of thiol groups is 1. The first-order valence-corrected chi connectivity index (χ1v) is 9.62. The van der Waals surface area contributed by atoms with Gasteiger partial charge in [-0.15, -0.1) is 12.6 Å². The Morgan fingerprint density at radius 3 is 2.33 bits per heavy atom. The third-order valence-electron chi connectivity index (χ3n) is 3.88. The van der Waals surface area contributed by atoms with Crippen LogP contribution >= 0.6 is 12.6 Å². The molecule has 6 heteroatoms. The van der Waals surface area contributed by atoms with E-state index in [0.717, 1.165) is 49.4 Å². The Bertz CT molecular complexity index is 331. The lowest BCUT2D eigenvalue weighted by Gasteiger charge is -2.22. The maximum atomic E-state index is 9.74. The number of carbonyl (C=O) groups excluding carboxylic acids is 1. The van der Waals surface area contributed by atoms with Gasteiger partial charge in [-0.05, 0) is 32.9 Å². The summed E-state index contributed by atoms with van der Waals surface area (Å²) in [5.74, 6) is 0.255. The zero-order valence-electron chi connectivity index (χ0n) is 16.3. The van der Waals surface area contributed by atoms with Gasteiger partial charge in [0.25, 0.3) is 0 Å². The Morgan fingerprint density at radius 2 is 2.08 bits per heavy atom. The number of likely N-dealkylation sites (N-methyl/N-ethyl adjacent to an activating group) is 1. The van der Waals surface area contributed by atoms with Gasteiger partial charge < -0.3 is 26.5 Å². The Morgan fingerprint density at radius 1 is 1.46 bits per heavy atom. The average molecular weight is 361 g/mol. The Labute approximate surface area is 155 Å². The van der Waals surface area contributed by atoms with Gasteiger partial charge in [0.15, 0.2) is 0 Å². The van der Waals surface area contributed by atoms with Gasteiger partial charge in [-0.2, -0.15) is 0 Å². The van der Waals surface area contributed by atoms with Crippen molar-refractivity contribution in [3.63, 3.8) is 0 Å². The van der Waals surface area contributed by atoms with Gasteiger partial charge in [0, 0.05) is 48.6 Å². The van der Waals surface area contributed by atoms with Crippen LogP contribution in [0, 0.1) is 5.92 Å². The Hall–Kier alpha value is -0.560. The zero-order valence-corrected chi connectivity index (χ0v) is 17.2. The molecule has 2 heterocycles. The fourth-order valence-corrected chi connectivity index (χ4v) is 2.30. The van der Waals surface area contributed by atoms with E-state index in [1.165, 1.54) is 19.4 Å². The minimum absolute atomic E-state index is 0.255. The predicted octanol–water partition coefficient (Wildman–Crippen LogP) is 2.38. The van der Waals surface area contributed by atoms with E-state index in [-0.39, 0.29) is 5.92 Å². The van der Waals surface area contributed by atoms with E-state index in [9.17, 15) is 4.79 Å². The lowest BCUT2D eigenvalue weighted by atomic mass is 10.2. The minimum Gasteiger partial charge on any atom is -0.401 e. The normalized spacial score (nSPS) is 21.4. The number of nitrogens with two attached hydrogens (primary N) is 2. The maximum Gasteiger partial charge on any atom is 0.122 e. The van der Waals surface area contributed by atoms with E-state index in [1.807, 2.05) is 27.7 Å². The molecule has 5 N–H and O–H groups in total. The van der Waals surface area contributed by atoms with Crippen molar-refractivity contribution in [1.82, 2.24) is 10.2 Å². The van der Waals surface area contributed by atoms with Crippen LogP contribution in [0.4, 0.5) is 0 Å². The fraction of sp³-hybridized carbons (Fsp3) is 0.833. The first-order chi connectivity index (χ1) is 11.4. The Balaban J connectivity index is 0. The summed E-state index contributed by atoms with van der Waals surface area (Å²) in [4.78, 5) is 13.0. The van der Waals surface area contributed by atoms with Gasteiger partial charge >= 0.3 is 0 Å². The quantitative estimate of drug-likeness (QED) is 0.459. The van der Waals surface area contributed by atoms with E-state index in [4.69, 9.17) is 11.5 Å². The van der Waals surface area contributed by atoms with Crippen molar-refractivity contribution >= 4 is 18.9 Å². The number of aldehydes is 1. The molecular formula is C18H40N4OS. The molecule has 2 aliphatic rings. The van der Waals surface area contributed by atoms with Gasteiger partial charge in [0.1, 0.15) is 6.29 Å². The lowest BCUT2D eigenvalue weighted by Crippen LogP contribution is -2.29. The number of rotatable bonds is 3. The SMILES string of the molecule is CC.CCC(C)C=O.CN1CCC(N)=C(S)C1.NCC1CCCN1. The average Bonchev–Trinajstić information content (AvgIpc) is 3.14. The summed E-state index contributed by atoms with van der Waals surface area (Å²) in [5, 5.41) is 3.28. The number of hydrogen-bond acceptors (Lipinski definition) is 6. The summed E-state index contributed by atoms with van der Waals surface area (Å²) in [6, 6.07) is 0.625. The molecular weight excluding hydrogens is 320 g/mol. The van der Waals surface area contributed by atoms with Crippen molar-refractivity contribution in [1.29, 1.82) is 0 Å². The van der Waals surface area contributed by atoms with Gasteiger partial charge in [-0.3, -0.25) is 0 Å². The third kappa shape index (κ3) is 13.8. The summed E-state index contributed by atoms with van der Waals surface area (Å²) in [6.45, 7) is 11.9. The number of nitrogens with zero attached hydrogens (tertiary/aromatic N) is 1. The summed E-state index contributed by atoms with van der Waals surface area (Å²) >= 11 is 4.23. The molecule has 144 valence electrons. The predicted molar refractivity (Wildman–Crippen MR) is 109 cm³/mol. The topological polar surface area (TPSA) is 84.4 Å². The molecule has 0 bridgehead atoms. The van der Waals surface area contributed by atoms with Crippen LogP contribution in [0.15, 0.2) is 10.6 Å². The molecule has 1 saturated heterocycles. The molecule has 2 rings (SSSR count). The second-order valence-electron chi connectivity index (χ2n) is 6.01. The summed E-state index contributed by atoms with van der Waals surface area (Å²) in [5.41, 5.74) is 11.9. The van der Waals surface area contributed by atoms with Gasteiger partial charge in [0.2, 0.25) is 0 Å². The van der Waals surface area contributed by atoms with Crippen molar-refractivity contribution in [2.45, 2.75) is 59.4 Å². The van der Waals surface area contributed by atoms with Crippen molar-refractivity contribution < 1.29 is 4.79 Å². The van der Waals surface area contributed by atoms with E-state index in [0.29, 0.717) is 6.04 Å². The highest BCUT2D eigenvalue weighted by atomic mass is 32.1. The van der Waals surface area contributed by atoms with Crippen molar-refractivity contribution in [3.05, 3.63) is 10.6 Å². The van der Waals surface area contributed by atoms with Crippen LogP contribution in [0.1, 0.15) is 53.4 Å². The van der Waals surface area contributed by atoms with Crippen LogP contribution < -0.4 is 16.8 Å². The summed E-state index contributed by atoms with van der Waals surface area (Å²) in [7, 11) is 2.07. The highest BCUT2D eigenvalue weighted by molar-refractivity contribution is 7.84. The molecule has 2 unspecified atom stereocenters. The van der Waals surface area contributed by atoms with Crippen LogP contribution in [-0.4, -0.2) is 50.5 Å². The van der Waals surface area contributed by atoms with Gasteiger partial charge in [-0.25, -0.2) is 0 Å². The molecule has 0 aromatic rings. The smallest absolute Gasteiger partial charge is 0.122 e. The highest BCUT2D eigenvalue weighted by Gasteiger charge is 2.10.